The van der Waals surface area contributed by atoms with Crippen molar-refractivity contribution < 1.29 is 13.9 Å². The van der Waals surface area contributed by atoms with Gasteiger partial charge in [-0.3, -0.25) is 4.79 Å². The maximum absolute atomic E-state index is 14.0. The van der Waals surface area contributed by atoms with E-state index >= 15 is 0 Å². The largest absolute Gasteiger partial charge is 0.493 e. The number of H-pyrrole nitrogens is 1. The molecular formula is C26H22FN3O4. The molecule has 0 aliphatic heterocycles. The molecule has 0 amide bonds. The summed E-state index contributed by atoms with van der Waals surface area (Å²) < 4.78 is 26.2. The summed E-state index contributed by atoms with van der Waals surface area (Å²) in [5.74, 6) is 0.488. The van der Waals surface area contributed by atoms with E-state index in [1.165, 1.54) is 19.4 Å². The molecule has 0 aliphatic rings. The SMILES string of the molecule is C=CCc1cc(C=Nn2c(=O)[nH]c3ccccc3c2=O)cc(OC)c1OCc1ccccc1F. The van der Waals surface area contributed by atoms with Crippen molar-refractivity contribution in [2.75, 3.05) is 7.11 Å². The first-order chi connectivity index (χ1) is 16.5. The van der Waals surface area contributed by atoms with E-state index in [0.717, 1.165) is 10.2 Å². The lowest BCUT2D eigenvalue weighted by atomic mass is 10.1. The highest BCUT2D eigenvalue weighted by Gasteiger charge is 2.14. The molecule has 1 N–H and O–H groups in total. The van der Waals surface area contributed by atoms with Gasteiger partial charge in [-0.2, -0.15) is 5.10 Å². The first-order valence-corrected chi connectivity index (χ1v) is 10.5. The normalized spacial score (nSPS) is 11.1. The zero-order chi connectivity index (χ0) is 24.1. The Kier molecular flexibility index (Phi) is 6.68. The summed E-state index contributed by atoms with van der Waals surface area (Å²) in [4.78, 5) is 27.7. The standard InChI is InChI=1S/C26H22FN3O4/c1-3-8-18-13-17(14-23(33-2)24(18)34-16-19-9-4-6-11-21(19)27)15-28-30-25(31)20-10-5-7-12-22(20)29-26(30)32/h3-7,9-15H,1,8,16H2,2H3,(H,29,32). The second-order valence-electron chi connectivity index (χ2n) is 7.42. The average molecular weight is 459 g/mol. The van der Waals surface area contributed by atoms with Gasteiger partial charge in [0.05, 0.1) is 24.2 Å². The van der Waals surface area contributed by atoms with Crippen LogP contribution < -0.4 is 20.7 Å². The van der Waals surface area contributed by atoms with Crippen LogP contribution in [0.3, 0.4) is 0 Å². The topological polar surface area (TPSA) is 85.7 Å². The van der Waals surface area contributed by atoms with Gasteiger partial charge in [0.15, 0.2) is 11.5 Å². The number of nitrogens with one attached hydrogen (secondary N) is 1. The smallest absolute Gasteiger partial charge is 0.349 e. The van der Waals surface area contributed by atoms with Crippen LogP contribution in [0.4, 0.5) is 4.39 Å². The number of fused-ring (bicyclic) bond motifs is 1. The zero-order valence-corrected chi connectivity index (χ0v) is 18.5. The minimum Gasteiger partial charge on any atom is -0.493 e. The van der Waals surface area contributed by atoms with Gasteiger partial charge in [0, 0.05) is 11.1 Å². The zero-order valence-electron chi connectivity index (χ0n) is 18.5. The first-order valence-electron chi connectivity index (χ1n) is 10.5. The molecule has 7 nitrogen and oxygen atoms in total. The van der Waals surface area contributed by atoms with Crippen LogP contribution in [-0.2, 0) is 13.0 Å². The van der Waals surface area contributed by atoms with E-state index in [-0.39, 0.29) is 12.4 Å². The van der Waals surface area contributed by atoms with Gasteiger partial charge in [0.2, 0.25) is 0 Å². The molecule has 34 heavy (non-hydrogen) atoms. The summed E-state index contributed by atoms with van der Waals surface area (Å²) in [6.07, 6.45) is 3.53. The molecular weight excluding hydrogens is 437 g/mol. The highest BCUT2D eigenvalue weighted by molar-refractivity contribution is 5.82. The first kappa shape index (κ1) is 22.7. The Labute approximate surface area is 194 Å². The maximum atomic E-state index is 14.0. The van der Waals surface area contributed by atoms with Gasteiger partial charge < -0.3 is 14.5 Å². The fourth-order valence-corrected chi connectivity index (χ4v) is 3.53. The van der Waals surface area contributed by atoms with E-state index in [2.05, 4.69) is 16.7 Å². The van der Waals surface area contributed by atoms with Gasteiger partial charge in [-0.1, -0.05) is 36.4 Å². The molecule has 3 aromatic carbocycles. The third kappa shape index (κ3) is 4.66. The van der Waals surface area contributed by atoms with Crippen LogP contribution in [0.5, 0.6) is 11.5 Å². The summed E-state index contributed by atoms with van der Waals surface area (Å²) in [6.45, 7) is 3.80. The second kappa shape index (κ2) is 9.99. The molecule has 0 fully saturated rings. The number of benzene rings is 3. The summed E-state index contributed by atoms with van der Waals surface area (Å²) in [6, 6.07) is 16.5. The molecule has 4 rings (SSSR count). The Hall–Kier alpha value is -4.46. The number of para-hydroxylation sites is 1. The lowest BCUT2D eigenvalue weighted by Gasteiger charge is -2.16. The van der Waals surface area contributed by atoms with Gasteiger partial charge in [-0.05, 0) is 42.3 Å². The molecule has 0 bridgehead atoms. The van der Waals surface area contributed by atoms with Crippen molar-refractivity contribution >= 4 is 17.1 Å². The predicted molar refractivity (Wildman–Crippen MR) is 129 cm³/mol. The monoisotopic (exact) mass is 459 g/mol. The van der Waals surface area contributed by atoms with Crippen LogP contribution >= 0.6 is 0 Å². The Bertz CT molecular complexity index is 1500. The highest BCUT2D eigenvalue weighted by Crippen LogP contribution is 2.34. The minimum absolute atomic E-state index is 0.0163. The number of ether oxygens (including phenoxy) is 2. The van der Waals surface area contributed by atoms with Crippen LogP contribution in [0, 0.1) is 5.82 Å². The van der Waals surface area contributed by atoms with E-state index in [1.807, 2.05) is 0 Å². The molecule has 0 saturated heterocycles. The fourth-order valence-electron chi connectivity index (χ4n) is 3.53. The second-order valence-corrected chi connectivity index (χ2v) is 7.42. The van der Waals surface area contributed by atoms with Crippen molar-refractivity contribution in [1.82, 2.24) is 9.66 Å². The van der Waals surface area contributed by atoms with Crippen LogP contribution in [0.1, 0.15) is 16.7 Å². The Morgan fingerprint density at radius 1 is 1.09 bits per heavy atom. The van der Waals surface area contributed by atoms with Crippen molar-refractivity contribution in [3.05, 3.63) is 117 Å². The summed E-state index contributed by atoms with van der Waals surface area (Å²) >= 11 is 0. The fraction of sp³-hybridized carbons (Fsp3) is 0.115. The summed E-state index contributed by atoms with van der Waals surface area (Å²) in [5, 5.41) is 4.45. The molecule has 8 heteroatoms. The molecule has 1 aromatic heterocycles. The number of hydrogen-bond donors (Lipinski definition) is 1. The van der Waals surface area contributed by atoms with Crippen LogP contribution in [0.25, 0.3) is 10.9 Å². The molecule has 0 atom stereocenters. The van der Waals surface area contributed by atoms with Crippen molar-refractivity contribution in [2.45, 2.75) is 13.0 Å². The Morgan fingerprint density at radius 2 is 1.85 bits per heavy atom. The van der Waals surface area contributed by atoms with E-state index in [1.54, 1.807) is 60.7 Å². The summed E-state index contributed by atoms with van der Waals surface area (Å²) in [5.41, 5.74) is 0.977. The van der Waals surface area contributed by atoms with Crippen molar-refractivity contribution in [1.29, 1.82) is 0 Å². The van der Waals surface area contributed by atoms with E-state index < -0.39 is 11.2 Å². The molecule has 0 radical (unpaired) electrons. The van der Waals surface area contributed by atoms with Crippen molar-refractivity contribution in [3.8, 4) is 11.5 Å². The number of aromatic amines is 1. The lowest BCUT2D eigenvalue weighted by Crippen LogP contribution is -2.32. The predicted octanol–water partition coefficient (Wildman–Crippen LogP) is 4.03. The quantitative estimate of drug-likeness (QED) is 0.319. The number of aromatic nitrogens is 2. The third-order valence-corrected chi connectivity index (χ3v) is 5.17. The van der Waals surface area contributed by atoms with Crippen LogP contribution in [0.15, 0.2) is 88.0 Å². The third-order valence-electron chi connectivity index (χ3n) is 5.17. The van der Waals surface area contributed by atoms with Gasteiger partial charge in [-0.25, -0.2) is 9.18 Å². The van der Waals surface area contributed by atoms with Crippen LogP contribution in [0.2, 0.25) is 0 Å². The molecule has 172 valence electrons. The number of methoxy groups -OCH3 is 1. The maximum Gasteiger partial charge on any atom is 0.349 e. The highest BCUT2D eigenvalue weighted by atomic mass is 19.1. The lowest BCUT2D eigenvalue weighted by molar-refractivity contribution is 0.277. The van der Waals surface area contributed by atoms with Crippen molar-refractivity contribution in [3.63, 3.8) is 0 Å². The Morgan fingerprint density at radius 3 is 2.62 bits per heavy atom. The van der Waals surface area contributed by atoms with Crippen LogP contribution in [-0.4, -0.2) is 23.0 Å². The molecule has 0 saturated carbocycles. The number of hydrogen-bond acceptors (Lipinski definition) is 5. The van der Waals surface area contributed by atoms with E-state index in [9.17, 15) is 14.0 Å². The molecule has 0 spiro atoms. The molecule has 1 heterocycles. The minimum atomic E-state index is -0.650. The average Bonchev–Trinajstić information content (AvgIpc) is 2.84. The van der Waals surface area contributed by atoms with Gasteiger partial charge in [0.25, 0.3) is 5.56 Å². The van der Waals surface area contributed by atoms with Gasteiger partial charge in [0.1, 0.15) is 12.4 Å². The summed E-state index contributed by atoms with van der Waals surface area (Å²) in [7, 11) is 1.49. The van der Waals surface area contributed by atoms with Gasteiger partial charge >= 0.3 is 5.69 Å². The number of rotatable bonds is 8. The number of halogens is 1. The Balaban J connectivity index is 1.70. The number of nitrogens with zero attached hydrogens (tertiary/aromatic N) is 2. The van der Waals surface area contributed by atoms with Crippen molar-refractivity contribution in [2.24, 2.45) is 5.10 Å². The molecule has 0 unspecified atom stereocenters. The van der Waals surface area contributed by atoms with E-state index in [4.69, 9.17) is 9.47 Å². The number of allylic oxidation sites excluding steroid dienone is 1. The molecule has 0 aliphatic carbocycles. The van der Waals surface area contributed by atoms with Gasteiger partial charge in [-0.15, -0.1) is 11.3 Å². The van der Waals surface area contributed by atoms with E-state index in [0.29, 0.717) is 39.9 Å². The molecule has 4 aromatic rings.